The Bertz CT molecular complexity index is 557. The summed E-state index contributed by atoms with van der Waals surface area (Å²) in [5, 5.41) is 4.15. The van der Waals surface area contributed by atoms with Gasteiger partial charge in [0.1, 0.15) is 0 Å². The molecule has 1 aliphatic heterocycles. The van der Waals surface area contributed by atoms with Gasteiger partial charge in [0.25, 0.3) is 0 Å². The first kappa shape index (κ1) is 14.8. The van der Waals surface area contributed by atoms with Crippen molar-refractivity contribution in [1.29, 1.82) is 0 Å². The van der Waals surface area contributed by atoms with Gasteiger partial charge in [0.05, 0.1) is 11.5 Å². The number of hydrogen-bond donors (Lipinski definition) is 1. The molecule has 0 spiro atoms. The smallest absolute Gasteiger partial charge is 0.150 e. The predicted octanol–water partition coefficient (Wildman–Crippen LogP) is 2.73. The molecule has 2 unspecified atom stereocenters. The average molecular weight is 302 g/mol. The highest BCUT2D eigenvalue weighted by Crippen LogP contribution is 2.33. The second kappa shape index (κ2) is 5.81. The van der Waals surface area contributed by atoms with Gasteiger partial charge < -0.3 is 5.32 Å². The molecule has 19 heavy (non-hydrogen) atoms. The molecule has 2 rings (SSSR count). The maximum absolute atomic E-state index is 11.7. The molecule has 3 nitrogen and oxygen atoms in total. The van der Waals surface area contributed by atoms with Crippen LogP contribution in [-0.4, -0.2) is 26.5 Å². The molecular formula is C14H20ClNO2S. The number of aryl methyl sites for hydroxylation is 1. The van der Waals surface area contributed by atoms with Crippen molar-refractivity contribution in [3.05, 3.63) is 34.3 Å². The highest BCUT2D eigenvalue weighted by atomic mass is 35.5. The van der Waals surface area contributed by atoms with Gasteiger partial charge in [-0.05, 0) is 49.1 Å². The number of nitrogens with one attached hydrogen (secondary N) is 1. The van der Waals surface area contributed by atoms with E-state index < -0.39 is 9.84 Å². The predicted molar refractivity (Wildman–Crippen MR) is 79.4 cm³/mol. The minimum atomic E-state index is -2.85. The minimum absolute atomic E-state index is 0.0968. The van der Waals surface area contributed by atoms with E-state index in [1.807, 2.05) is 32.0 Å². The van der Waals surface area contributed by atoms with Gasteiger partial charge in [-0.1, -0.05) is 24.6 Å². The molecule has 1 aromatic carbocycles. The molecule has 0 aromatic heterocycles. The zero-order valence-corrected chi connectivity index (χ0v) is 12.9. The lowest BCUT2D eigenvalue weighted by atomic mass is 9.90. The molecule has 0 saturated carbocycles. The van der Waals surface area contributed by atoms with Crippen molar-refractivity contribution in [1.82, 2.24) is 5.32 Å². The lowest BCUT2D eigenvalue weighted by molar-refractivity contribution is 0.399. The van der Waals surface area contributed by atoms with Gasteiger partial charge in [-0.2, -0.15) is 0 Å². The fourth-order valence-electron chi connectivity index (χ4n) is 2.83. The molecule has 2 atom stereocenters. The third kappa shape index (κ3) is 3.50. The molecule has 1 N–H and O–H groups in total. The standard InChI is InChI=1S/C14H20ClNO2S/c1-3-16-14(11-6-7-19(17,18)9-11)13-5-4-12(15)8-10(13)2/h4-5,8,11,14,16H,3,6-7,9H2,1-2H3. The fraction of sp³-hybridized carbons (Fsp3) is 0.571. The van der Waals surface area contributed by atoms with Crippen LogP contribution >= 0.6 is 11.6 Å². The zero-order valence-electron chi connectivity index (χ0n) is 11.3. The maximum atomic E-state index is 11.7. The highest BCUT2D eigenvalue weighted by molar-refractivity contribution is 7.91. The Morgan fingerprint density at radius 1 is 1.47 bits per heavy atom. The molecule has 1 aliphatic rings. The Hall–Kier alpha value is -0.580. The molecule has 0 amide bonds. The van der Waals surface area contributed by atoms with Crippen molar-refractivity contribution in [2.24, 2.45) is 5.92 Å². The van der Waals surface area contributed by atoms with E-state index in [4.69, 9.17) is 11.6 Å². The first-order valence-corrected chi connectivity index (χ1v) is 8.82. The zero-order chi connectivity index (χ0) is 14.0. The van der Waals surface area contributed by atoms with Gasteiger partial charge in [-0.15, -0.1) is 0 Å². The van der Waals surface area contributed by atoms with E-state index >= 15 is 0 Å². The first-order chi connectivity index (χ1) is 8.93. The fourth-order valence-corrected chi connectivity index (χ4v) is 4.89. The molecule has 0 radical (unpaired) electrons. The van der Waals surface area contributed by atoms with Crippen LogP contribution in [0.2, 0.25) is 5.02 Å². The van der Waals surface area contributed by atoms with Crippen molar-refractivity contribution in [3.8, 4) is 0 Å². The molecular weight excluding hydrogens is 282 g/mol. The SMILES string of the molecule is CCNC(c1ccc(Cl)cc1C)C1CCS(=O)(=O)C1. The molecule has 106 valence electrons. The van der Waals surface area contributed by atoms with Crippen LogP contribution in [0.25, 0.3) is 0 Å². The summed E-state index contributed by atoms with van der Waals surface area (Å²) in [7, 11) is -2.85. The van der Waals surface area contributed by atoms with Crippen molar-refractivity contribution in [2.45, 2.75) is 26.3 Å². The maximum Gasteiger partial charge on any atom is 0.150 e. The van der Waals surface area contributed by atoms with Gasteiger partial charge in [0.2, 0.25) is 0 Å². The summed E-state index contributed by atoms with van der Waals surface area (Å²) in [5.74, 6) is 0.753. The van der Waals surface area contributed by atoms with E-state index in [9.17, 15) is 8.42 Å². The average Bonchev–Trinajstić information content (AvgIpc) is 2.67. The third-order valence-corrected chi connectivity index (χ3v) is 5.76. The second-order valence-electron chi connectivity index (χ2n) is 5.20. The number of halogens is 1. The van der Waals surface area contributed by atoms with Crippen LogP contribution in [0, 0.1) is 12.8 Å². The molecule has 1 aromatic rings. The number of benzene rings is 1. The molecule has 1 heterocycles. The number of hydrogen-bond acceptors (Lipinski definition) is 3. The lowest BCUT2D eigenvalue weighted by Gasteiger charge is -2.25. The molecule has 0 bridgehead atoms. The van der Waals surface area contributed by atoms with Crippen LogP contribution in [0.3, 0.4) is 0 Å². The Kier molecular flexibility index (Phi) is 4.54. The molecule has 5 heteroatoms. The van der Waals surface area contributed by atoms with Crippen LogP contribution < -0.4 is 5.32 Å². The normalized spacial score (nSPS) is 23.4. The summed E-state index contributed by atoms with van der Waals surface area (Å²) in [6, 6.07) is 5.91. The van der Waals surface area contributed by atoms with E-state index in [-0.39, 0.29) is 17.7 Å². The minimum Gasteiger partial charge on any atom is -0.310 e. The van der Waals surface area contributed by atoms with Crippen LogP contribution in [0.15, 0.2) is 18.2 Å². The van der Waals surface area contributed by atoms with E-state index in [0.717, 1.165) is 29.1 Å². The highest BCUT2D eigenvalue weighted by Gasteiger charge is 2.34. The largest absolute Gasteiger partial charge is 0.310 e. The Balaban J connectivity index is 2.30. The summed E-state index contributed by atoms with van der Waals surface area (Å²) in [6.45, 7) is 4.89. The topological polar surface area (TPSA) is 46.2 Å². The van der Waals surface area contributed by atoms with E-state index in [0.29, 0.717) is 5.75 Å². The third-order valence-electron chi connectivity index (χ3n) is 3.73. The van der Waals surface area contributed by atoms with Crippen LogP contribution in [0.1, 0.15) is 30.5 Å². The van der Waals surface area contributed by atoms with Gasteiger partial charge in [0, 0.05) is 11.1 Å². The van der Waals surface area contributed by atoms with Gasteiger partial charge in [0.15, 0.2) is 9.84 Å². The van der Waals surface area contributed by atoms with E-state index in [1.165, 1.54) is 0 Å². The van der Waals surface area contributed by atoms with Gasteiger partial charge >= 0.3 is 0 Å². The molecule has 0 aliphatic carbocycles. The van der Waals surface area contributed by atoms with Gasteiger partial charge in [-0.3, -0.25) is 0 Å². The summed E-state index contributed by atoms with van der Waals surface area (Å²) < 4.78 is 23.3. The second-order valence-corrected chi connectivity index (χ2v) is 7.86. The van der Waals surface area contributed by atoms with E-state index in [2.05, 4.69) is 5.32 Å². The number of sulfone groups is 1. The summed E-state index contributed by atoms with van der Waals surface area (Å²) in [6.07, 6.45) is 0.738. The quantitative estimate of drug-likeness (QED) is 0.930. The Labute approximate surface area is 120 Å². The van der Waals surface area contributed by atoms with Crippen molar-refractivity contribution < 1.29 is 8.42 Å². The molecule has 1 fully saturated rings. The number of rotatable bonds is 4. The van der Waals surface area contributed by atoms with Crippen LogP contribution in [-0.2, 0) is 9.84 Å². The lowest BCUT2D eigenvalue weighted by Crippen LogP contribution is -2.29. The summed E-state index contributed by atoms with van der Waals surface area (Å²) in [4.78, 5) is 0. The van der Waals surface area contributed by atoms with Crippen molar-refractivity contribution in [2.75, 3.05) is 18.1 Å². The van der Waals surface area contributed by atoms with Crippen molar-refractivity contribution >= 4 is 21.4 Å². The van der Waals surface area contributed by atoms with Crippen LogP contribution in [0.5, 0.6) is 0 Å². The van der Waals surface area contributed by atoms with Gasteiger partial charge in [-0.25, -0.2) is 8.42 Å². The summed E-state index contributed by atoms with van der Waals surface area (Å²) in [5.41, 5.74) is 2.27. The monoisotopic (exact) mass is 301 g/mol. The van der Waals surface area contributed by atoms with E-state index in [1.54, 1.807) is 0 Å². The Morgan fingerprint density at radius 3 is 2.74 bits per heavy atom. The molecule has 1 saturated heterocycles. The summed E-state index contributed by atoms with van der Waals surface area (Å²) >= 11 is 5.99. The Morgan fingerprint density at radius 2 is 2.21 bits per heavy atom. The van der Waals surface area contributed by atoms with Crippen molar-refractivity contribution in [3.63, 3.8) is 0 Å². The van der Waals surface area contributed by atoms with Crippen LogP contribution in [0.4, 0.5) is 0 Å². The first-order valence-electron chi connectivity index (χ1n) is 6.63.